The van der Waals surface area contributed by atoms with Gasteiger partial charge in [0, 0.05) is 40.0 Å². The minimum Gasteiger partial charge on any atom is -0.497 e. The smallest absolute Gasteiger partial charge is 0.147 e. The summed E-state index contributed by atoms with van der Waals surface area (Å²) >= 11 is 7.62. The lowest BCUT2D eigenvalue weighted by Gasteiger charge is -2.27. The summed E-state index contributed by atoms with van der Waals surface area (Å²) in [5, 5.41) is 12.9. The number of nitrogens with zero attached hydrogens (tertiary/aromatic N) is 1. The monoisotopic (exact) mass is 509 g/mol. The SMILES string of the molecule is COc1ccc2c(c1)S/C(=C\c1ccc(Cl)cc1)C2(O)c1ccc(OCCN2CCOCC2)cc1. The average Bonchev–Trinajstić information content (AvgIpc) is 3.17. The van der Waals surface area contributed by atoms with Crippen molar-refractivity contribution >= 4 is 29.4 Å². The normalized spacial score (nSPS) is 21.2. The van der Waals surface area contributed by atoms with Gasteiger partial charge in [-0.25, -0.2) is 0 Å². The van der Waals surface area contributed by atoms with Crippen LogP contribution in [0.2, 0.25) is 5.02 Å². The van der Waals surface area contributed by atoms with Crippen LogP contribution in [0.3, 0.4) is 0 Å². The lowest BCUT2D eigenvalue weighted by atomic mass is 9.85. The van der Waals surface area contributed by atoms with Crippen molar-refractivity contribution in [3.05, 3.63) is 93.3 Å². The van der Waals surface area contributed by atoms with E-state index in [1.165, 1.54) is 0 Å². The molecule has 2 aliphatic rings. The van der Waals surface area contributed by atoms with E-state index in [2.05, 4.69) is 4.90 Å². The van der Waals surface area contributed by atoms with Gasteiger partial charge in [-0.2, -0.15) is 0 Å². The molecule has 0 radical (unpaired) electrons. The predicted molar refractivity (Wildman–Crippen MR) is 140 cm³/mol. The number of ether oxygens (including phenoxy) is 3. The molecule has 3 aromatic carbocycles. The summed E-state index contributed by atoms with van der Waals surface area (Å²) in [4.78, 5) is 4.14. The lowest BCUT2D eigenvalue weighted by molar-refractivity contribution is 0.0322. The third-order valence-electron chi connectivity index (χ3n) is 6.37. The van der Waals surface area contributed by atoms with Gasteiger partial charge < -0.3 is 19.3 Å². The largest absolute Gasteiger partial charge is 0.497 e. The molecule has 1 unspecified atom stereocenters. The van der Waals surface area contributed by atoms with Crippen LogP contribution in [-0.4, -0.2) is 56.6 Å². The van der Waals surface area contributed by atoms with Crippen molar-refractivity contribution in [2.75, 3.05) is 46.6 Å². The molecule has 3 aromatic rings. The third kappa shape index (κ3) is 5.22. The van der Waals surface area contributed by atoms with Crippen LogP contribution >= 0.6 is 23.4 Å². The third-order valence-corrected chi connectivity index (χ3v) is 7.82. The zero-order valence-corrected chi connectivity index (χ0v) is 21.1. The molecule has 1 saturated heterocycles. The molecule has 5 nitrogen and oxygen atoms in total. The Kier molecular flexibility index (Phi) is 7.37. The van der Waals surface area contributed by atoms with Gasteiger partial charge in [0.2, 0.25) is 0 Å². The number of fused-ring (bicyclic) bond motifs is 1. The number of benzene rings is 3. The second kappa shape index (κ2) is 10.6. The second-order valence-corrected chi connectivity index (χ2v) is 10.1. The van der Waals surface area contributed by atoms with E-state index in [0.717, 1.165) is 70.8 Å². The summed E-state index contributed by atoms with van der Waals surface area (Å²) in [5.41, 5.74) is 1.32. The first-order chi connectivity index (χ1) is 17.1. The van der Waals surface area contributed by atoms with Crippen molar-refractivity contribution in [3.63, 3.8) is 0 Å². The van der Waals surface area contributed by atoms with E-state index in [4.69, 9.17) is 25.8 Å². The Labute approximate surface area is 215 Å². The van der Waals surface area contributed by atoms with E-state index >= 15 is 0 Å². The number of aliphatic hydroxyl groups is 1. The average molecular weight is 510 g/mol. The van der Waals surface area contributed by atoms with Gasteiger partial charge in [0.05, 0.1) is 20.3 Å². The summed E-state index contributed by atoms with van der Waals surface area (Å²) in [6, 6.07) is 21.1. The number of morpholine rings is 1. The molecule has 0 aromatic heterocycles. The second-order valence-electron chi connectivity index (χ2n) is 8.56. The number of thioether (sulfide) groups is 1. The molecule has 5 rings (SSSR count). The van der Waals surface area contributed by atoms with Gasteiger partial charge >= 0.3 is 0 Å². The maximum Gasteiger partial charge on any atom is 0.147 e. The van der Waals surface area contributed by atoms with Crippen LogP contribution in [0, 0.1) is 0 Å². The maximum atomic E-state index is 12.2. The van der Waals surface area contributed by atoms with Crippen LogP contribution < -0.4 is 9.47 Å². The van der Waals surface area contributed by atoms with E-state index in [9.17, 15) is 5.11 Å². The minimum absolute atomic E-state index is 0.615. The van der Waals surface area contributed by atoms with Crippen molar-refractivity contribution in [1.82, 2.24) is 4.90 Å². The number of halogens is 1. The summed E-state index contributed by atoms with van der Waals surface area (Å²) in [6.07, 6.45) is 2.01. The number of hydrogen-bond acceptors (Lipinski definition) is 6. The molecule has 0 saturated carbocycles. The van der Waals surface area contributed by atoms with Crippen molar-refractivity contribution < 1.29 is 19.3 Å². The van der Waals surface area contributed by atoms with Gasteiger partial charge in [0.15, 0.2) is 0 Å². The molecule has 1 fully saturated rings. The highest BCUT2D eigenvalue weighted by Gasteiger charge is 2.44. The molecule has 2 aliphatic heterocycles. The molecular weight excluding hydrogens is 482 g/mol. The van der Waals surface area contributed by atoms with Crippen LogP contribution in [0.1, 0.15) is 16.7 Å². The number of hydrogen-bond donors (Lipinski definition) is 1. The molecule has 0 amide bonds. The van der Waals surface area contributed by atoms with Gasteiger partial charge in [-0.3, -0.25) is 4.90 Å². The highest BCUT2D eigenvalue weighted by molar-refractivity contribution is 8.03. The van der Waals surface area contributed by atoms with E-state index in [0.29, 0.717) is 11.6 Å². The van der Waals surface area contributed by atoms with Crippen molar-refractivity contribution in [2.24, 2.45) is 0 Å². The van der Waals surface area contributed by atoms with Crippen molar-refractivity contribution in [1.29, 1.82) is 0 Å². The van der Waals surface area contributed by atoms with Crippen LogP contribution in [-0.2, 0) is 10.3 Å². The summed E-state index contributed by atoms with van der Waals surface area (Å²) in [7, 11) is 1.65. The van der Waals surface area contributed by atoms with Gasteiger partial charge in [-0.1, -0.05) is 53.7 Å². The summed E-state index contributed by atoms with van der Waals surface area (Å²) in [6.45, 7) is 4.94. The first kappa shape index (κ1) is 24.2. The quantitative estimate of drug-likeness (QED) is 0.457. The van der Waals surface area contributed by atoms with E-state index < -0.39 is 5.60 Å². The molecule has 1 atom stereocenters. The fourth-order valence-corrected chi connectivity index (χ4v) is 5.82. The Morgan fingerprint density at radius 1 is 1.03 bits per heavy atom. The Bertz CT molecular complexity index is 1190. The topological polar surface area (TPSA) is 51.2 Å². The predicted octanol–water partition coefficient (Wildman–Crippen LogP) is 5.44. The van der Waals surface area contributed by atoms with Crippen LogP contribution in [0.15, 0.2) is 76.5 Å². The summed E-state index contributed by atoms with van der Waals surface area (Å²) < 4.78 is 16.8. The Hall–Kier alpha value is -2.48. The first-order valence-corrected chi connectivity index (χ1v) is 12.9. The molecule has 182 valence electrons. The van der Waals surface area contributed by atoms with Gasteiger partial charge in [-0.05, 0) is 53.6 Å². The van der Waals surface area contributed by atoms with Gasteiger partial charge in [-0.15, -0.1) is 0 Å². The highest BCUT2D eigenvalue weighted by Crippen LogP contribution is 2.55. The first-order valence-electron chi connectivity index (χ1n) is 11.7. The highest BCUT2D eigenvalue weighted by atomic mass is 35.5. The number of rotatable bonds is 7. The molecule has 0 bridgehead atoms. The molecule has 0 spiro atoms. The van der Waals surface area contributed by atoms with E-state index in [1.807, 2.05) is 72.8 Å². The molecular formula is C28H28ClNO4S. The van der Waals surface area contributed by atoms with Crippen LogP contribution in [0.4, 0.5) is 0 Å². The molecule has 0 aliphatic carbocycles. The Balaban J connectivity index is 1.41. The summed E-state index contributed by atoms with van der Waals surface area (Å²) in [5.74, 6) is 1.55. The van der Waals surface area contributed by atoms with Crippen molar-refractivity contribution in [2.45, 2.75) is 10.5 Å². The minimum atomic E-state index is -1.28. The maximum absolute atomic E-state index is 12.2. The van der Waals surface area contributed by atoms with E-state index in [-0.39, 0.29) is 0 Å². The Morgan fingerprint density at radius 2 is 1.74 bits per heavy atom. The van der Waals surface area contributed by atoms with Crippen LogP contribution in [0.25, 0.3) is 6.08 Å². The van der Waals surface area contributed by atoms with Gasteiger partial charge in [0.25, 0.3) is 0 Å². The lowest BCUT2D eigenvalue weighted by Crippen LogP contribution is -2.38. The fourth-order valence-electron chi connectivity index (χ4n) is 4.39. The zero-order valence-electron chi connectivity index (χ0n) is 19.6. The van der Waals surface area contributed by atoms with Crippen molar-refractivity contribution in [3.8, 4) is 11.5 Å². The molecule has 1 N–H and O–H groups in total. The molecule has 7 heteroatoms. The Morgan fingerprint density at radius 3 is 2.46 bits per heavy atom. The van der Waals surface area contributed by atoms with E-state index in [1.54, 1.807) is 18.9 Å². The standard InChI is InChI=1S/C28H28ClNO4S/c1-32-24-10-11-25-26(19-24)35-27(18-20-2-6-22(29)7-3-20)28(25,31)21-4-8-23(9-5-21)34-17-14-30-12-15-33-16-13-30/h2-11,18-19,31H,12-17H2,1H3/b27-18-. The zero-order chi connectivity index (χ0) is 24.3. The molecule has 35 heavy (non-hydrogen) atoms. The molecule has 2 heterocycles. The van der Waals surface area contributed by atoms with Crippen LogP contribution in [0.5, 0.6) is 11.5 Å². The number of methoxy groups -OCH3 is 1. The van der Waals surface area contributed by atoms with Gasteiger partial charge in [0.1, 0.15) is 23.7 Å². The fraction of sp³-hybridized carbons (Fsp3) is 0.286.